The van der Waals surface area contributed by atoms with Crippen molar-refractivity contribution < 1.29 is 9.90 Å². The molecular weight excluding hydrogens is 528 g/mol. The fourth-order valence-electron chi connectivity index (χ4n) is 6.23. The van der Waals surface area contributed by atoms with E-state index in [-0.39, 0.29) is 24.3 Å². The number of carbonyl (C=O) groups is 1. The number of benzene rings is 3. The fraction of sp³-hybridized carbons (Fsp3) is 0.324. The van der Waals surface area contributed by atoms with Crippen molar-refractivity contribution in [3.8, 4) is 11.5 Å². The van der Waals surface area contributed by atoms with E-state index in [9.17, 15) is 9.90 Å². The molecule has 6 nitrogen and oxygen atoms in total. The molecule has 2 N–H and O–H groups in total. The highest BCUT2D eigenvalue weighted by Gasteiger charge is 2.32. The maximum Gasteiger partial charge on any atom is 0.228 e. The average molecular weight is 565 g/mol. The largest absolute Gasteiger partial charge is 0.394 e. The summed E-state index contributed by atoms with van der Waals surface area (Å²) >= 11 is 1.57. The molecule has 5 aromatic rings. The predicted octanol–water partition coefficient (Wildman–Crippen LogP) is 7.11. The number of imidazole rings is 1. The molecule has 0 radical (unpaired) electrons. The van der Waals surface area contributed by atoms with Crippen molar-refractivity contribution in [2.75, 3.05) is 6.61 Å². The van der Waals surface area contributed by atoms with Gasteiger partial charge >= 0.3 is 0 Å². The van der Waals surface area contributed by atoms with Crippen LogP contribution in [0, 0.1) is 5.92 Å². The van der Waals surface area contributed by atoms with E-state index in [0.717, 1.165) is 64.9 Å². The van der Waals surface area contributed by atoms with Crippen molar-refractivity contribution >= 4 is 28.3 Å². The third-order valence-corrected chi connectivity index (χ3v) is 8.94. The van der Waals surface area contributed by atoms with Crippen molar-refractivity contribution in [1.82, 2.24) is 19.9 Å². The van der Waals surface area contributed by atoms with Gasteiger partial charge in [0.2, 0.25) is 5.91 Å². The monoisotopic (exact) mass is 564 g/mol. The van der Waals surface area contributed by atoms with Crippen molar-refractivity contribution in [3.05, 3.63) is 106 Å². The van der Waals surface area contributed by atoms with Gasteiger partial charge in [0.05, 0.1) is 35.1 Å². The molecule has 0 bridgehead atoms. The SMILES string of the molecule is O=C(NC(CO)c1ccccc1)C(c1ccc(Cn2c(-c3cscn3)nc3ccccc32)cc1)C1CCCCCC1. The molecule has 210 valence electrons. The molecule has 2 heterocycles. The number of hydrogen-bond donors (Lipinski definition) is 2. The van der Waals surface area contributed by atoms with Gasteiger partial charge in [0, 0.05) is 11.9 Å². The number of amides is 1. The molecule has 1 aliphatic carbocycles. The minimum atomic E-state index is -0.421. The lowest BCUT2D eigenvalue weighted by atomic mass is 9.80. The number of hydrogen-bond acceptors (Lipinski definition) is 5. The molecule has 0 spiro atoms. The van der Waals surface area contributed by atoms with Gasteiger partial charge in [-0.2, -0.15) is 0 Å². The highest BCUT2D eigenvalue weighted by molar-refractivity contribution is 7.07. The molecule has 1 fully saturated rings. The lowest BCUT2D eigenvalue weighted by Gasteiger charge is -2.28. The molecule has 1 saturated carbocycles. The second kappa shape index (κ2) is 12.8. The summed E-state index contributed by atoms with van der Waals surface area (Å²) in [5.41, 5.74) is 7.85. The normalized spacial score (nSPS) is 15.8. The van der Waals surface area contributed by atoms with Crippen molar-refractivity contribution in [2.24, 2.45) is 5.92 Å². The summed E-state index contributed by atoms with van der Waals surface area (Å²) in [5.74, 6) is 0.897. The highest BCUT2D eigenvalue weighted by Crippen LogP contribution is 2.36. The molecule has 1 amide bonds. The third kappa shape index (κ3) is 6.11. The van der Waals surface area contributed by atoms with Crippen LogP contribution in [0.25, 0.3) is 22.6 Å². The molecule has 1 aliphatic rings. The number of aliphatic hydroxyl groups is 1. The van der Waals surface area contributed by atoms with Gasteiger partial charge in [0.1, 0.15) is 5.69 Å². The number of rotatable bonds is 9. The van der Waals surface area contributed by atoms with Crippen LogP contribution in [0.15, 0.2) is 89.8 Å². The predicted molar refractivity (Wildman–Crippen MR) is 165 cm³/mol. The summed E-state index contributed by atoms with van der Waals surface area (Å²) in [7, 11) is 0. The third-order valence-electron chi connectivity index (χ3n) is 8.35. The van der Waals surface area contributed by atoms with Crippen LogP contribution in [0.3, 0.4) is 0 Å². The first kappa shape index (κ1) is 27.4. The maximum atomic E-state index is 13.9. The Hall–Kier alpha value is -3.81. The van der Waals surface area contributed by atoms with Gasteiger partial charge in [-0.3, -0.25) is 4.79 Å². The molecule has 2 atom stereocenters. The van der Waals surface area contributed by atoms with Crippen LogP contribution in [-0.2, 0) is 11.3 Å². The van der Waals surface area contributed by atoms with E-state index in [1.54, 1.807) is 11.3 Å². The second-order valence-electron chi connectivity index (χ2n) is 11.0. The average Bonchev–Trinajstić information content (AvgIpc) is 3.59. The molecule has 3 aromatic carbocycles. The number of carbonyl (C=O) groups excluding carboxylic acids is 1. The van der Waals surface area contributed by atoms with Crippen LogP contribution in [0.2, 0.25) is 0 Å². The van der Waals surface area contributed by atoms with Gasteiger partial charge in [-0.25, -0.2) is 9.97 Å². The van der Waals surface area contributed by atoms with Crippen LogP contribution in [0.4, 0.5) is 0 Å². The van der Waals surface area contributed by atoms with E-state index >= 15 is 0 Å². The van der Waals surface area contributed by atoms with Crippen LogP contribution < -0.4 is 5.32 Å². The summed E-state index contributed by atoms with van der Waals surface area (Å²) in [5, 5.41) is 15.4. The Labute approximate surface area is 245 Å². The number of fused-ring (bicyclic) bond motifs is 1. The highest BCUT2D eigenvalue weighted by atomic mass is 32.1. The van der Waals surface area contributed by atoms with Gasteiger partial charge < -0.3 is 15.0 Å². The minimum absolute atomic E-state index is 0.000949. The summed E-state index contributed by atoms with van der Waals surface area (Å²) in [4.78, 5) is 23.3. The first-order chi connectivity index (χ1) is 20.2. The van der Waals surface area contributed by atoms with Gasteiger partial charge in [0.15, 0.2) is 5.82 Å². The van der Waals surface area contributed by atoms with Crippen LogP contribution >= 0.6 is 11.3 Å². The standard InChI is InChI=1S/C34H36N4O2S/c39-21-29(25-10-6-3-7-11-25)37-34(40)32(26-12-4-1-2-5-13-26)27-18-16-24(17-19-27)20-38-31-15-9-8-14-28(31)36-33(38)30-22-41-23-35-30/h3,6-11,14-19,22-23,26,29,32,39H,1-2,4-5,12-13,20-21H2,(H,37,40). The summed E-state index contributed by atoms with van der Waals surface area (Å²) < 4.78 is 2.22. The fourth-order valence-corrected chi connectivity index (χ4v) is 6.76. The number of para-hydroxylation sites is 2. The van der Waals surface area contributed by atoms with E-state index in [4.69, 9.17) is 4.98 Å². The molecule has 2 aromatic heterocycles. The zero-order chi connectivity index (χ0) is 28.0. The Balaban J connectivity index is 1.28. The molecule has 6 rings (SSSR count). The molecule has 2 unspecified atom stereocenters. The van der Waals surface area contributed by atoms with Crippen molar-refractivity contribution in [1.29, 1.82) is 0 Å². The summed E-state index contributed by atoms with van der Waals surface area (Å²) in [6.45, 7) is 0.529. The lowest BCUT2D eigenvalue weighted by Crippen LogP contribution is -2.37. The van der Waals surface area contributed by atoms with E-state index in [2.05, 4.69) is 45.2 Å². The van der Waals surface area contributed by atoms with Gasteiger partial charge in [-0.05, 0) is 47.6 Å². The lowest BCUT2D eigenvalue weighted by molar-refractivity contribution is -0.125. The van der Waals surface area contributed by atoms with E-state index < -0.39 is 6.04 Å². The van der Waals surface area contributed by atoms with Crippen LogP contribution in [0.5, 0.6) is 0 Å². The summed E-state index contributed by atoms with van der Waals surface area (Å²) in [6, 6.07) is 26.0. The number of nitrogens with zero attached hydrogens (tertiary/aromatic N) is 3. The molecular formula is C34H36N4O2S. The first-order valence-corrected chi connectivity index (χ1v) is 15.5. The number of thiazole rings is 1. The Morgan fingerprint density at radius 1 is 0.927 bits per heavy atom. The molecule has 0 aliphatic heterocycles. The molecule has 7 heteroatoms. The van der Waals surface area contributed by atoms with E-state index in [1.165, 1.54) is 12.8 Å². The van der Waals surface area contributed by atoms with E-state index in [1.807, 2.05) is 59.4 Å². The Bertz CT molecular complexity index is 1560. The van der Waals surface area contributed by atoms with Gasteiger partial charge in [-0.15, -0.1) is 11.3 Å². The van der Waals surface area contributed by atoms with Crippen LogP contribution in [0.1, 0.15) is 67.2 Å². The summed E-state index contributed by atoms with van der Waals surface area (Å²) in [6.07, 6.45) is 6.87. The smallest absolute Gasteiger partial charge is 0.228 e. The van der Waals surface area contributed by atoms with Crippen molar-refractivity contribution in [2.45, 2.75) is 57.0 Å². The first-order valence-electron chi connectivity index (χ1n) is 14.6. The molecule has 41 heavy (non-hydrogen) atoms. The Kier molecular flexibility index (Phi) is 8.54. The Morgan fingerprint density at radius 3 is 2.37 bits per heavy atom. The van der Waals surface area contributed by atoms with Crippen LogP contribution in [-0.4, -0.2) is 32.2 Å². The van der Waals surface area contributed by atoms with Crippen molar-refractivity contribution in [3.63, 3.8) is 0 Å². The zero-order valence-corrected chi connectivity index (χ0v) is 24.0. The Morgan fingerprint density at radius 2 is 1.66 bits per heavy atom. The number of nitrogens with one attached hydrogen (secondary N) is 1. The number of aliphatic hydroxyl groups excluding tert-OH is 1. The maximum absolute atomic E-state index is 13.9. The molecule has 0 saturated heterocycles. The van der Waals surface area contributed by atoms with Gasteiger partial charge in [-0.1, -0.05) is 92.4 Å². The van der Waals surface area contributed by atoms with Gasteiger partial charge in [0.25, 0.3) is 0 Å². The van der Waals surface area contributed by atoms with E-state index in [0.29, 0.717) is 6.54 Å². The second-order valence-corrected chi connectivity index (χ2v) is 11.7. The zero-order valence-electron chi connectivity index (χ0n) is 23.2. The quantitative estimate of drug-likeness (QED) is 0.187. The minimum Gasteiger partial charge on any atom is -0.394 e. The topological polar surface area (TPSA) is 80.0 Å². The number of aromatic nitrogens is 3.